The SMILES string of the molecule is O=C(c1cccc(C(F)(F)F)c1F)N1C2COCC1c1nnc(-c3cc(C(F)(F)F)ccn3)n1C2. The molecule has 0 radical (unpaired) electrons. The molecule has 0 aliphatic carbocycles. The maximum absolute atomic E-state index is 14.7. The molecule has 1 fully saturated rings. The largest absolute Gasteiger partial charge is 0.419 e. The van der Waals surface area contributed by atoms with Crippen molar-refractivity contribution < 1.29 is 40.3 Å². The Morgan fingerprint density at radius 2 is 1.80 bits per heavy atom. The molecule has 4 heterocycles. The van der Waals surface area contributed by atoms with Gasteiger partial charge in [-0.3, -0.25) is 9.78 Å². The molecule has 184 valence electrons. The Labute approximate surface area is 192 Å². The number of morpholine rings is 1. The lowest BCUT2D eigenvalue weighted by Gasteiger charge is -2.45. The lowest BCUT2D eigenvalue weighted by molar-refractivity contribution is -0.140. The smallest absolute Gasteiger partial charge is 0.377 e. The first kappa shape index (κ1) is 23.2. The van der Waals surface area contributed by atoms with Crippen LogP contribution in [0.3, 0.4) is 0 Å². The summed E-state index contributed by atoms with van der Waals surface area (Å²) in [6.45, 7) is -0.189. The third-order valence-corrected chi connectivity index (χ3v) is 5.87. The summed E-state index contributed by atoms with van der Waals surface area (Å²) in [4.78, 5) is 18.4. The lowest BCUT2D eigenvalue weighted by Crippen LogP contribution is -2.56. The number of fused-ring (bicyclic) bond motifs is 4. The van der Waals surface area contributed by atoms with Crippen LogP contribution in [0.2, 0.25) is 0 Å². The molecule has 7 nitrogen and oxygen atoms in total. The Hall–Kier alpha value is -3.55. The second-order valence-corrected chi connectivity index (χ2v) is 8.00. The van der Waals surface area contributed by atoms with E-state index in [4.69, 9.17) is 4.74 Å². The van der Waals surface area contributed by atoms with Crippen molar-refractivity contribution in [2.24, 2.45) is 0 Å². The van der Waals surface area contributed by atoms with Crippen LogP contribution in [-0.4, -0.2) is 49.8 Å². The summed E-state index contributed by atoms with van der Waals surface area (Å²) in [6.07, 6.45) is -8.61. The molecular formula is C21H14F7N5O2. The van der Waals surface area contributed by atoms with Gasteiger partial charge in [-0.1, -0.05) is 6.07 Å². The predicted molar refractivity (Wildman–Crippen MR) is 103 cm³/mol. The third-order valence-electron chi connectivity index (χ3n) is 5.87. The molecular weight excluding hydrogens is 487 g/mol. The Morgan fingerprint density at radius 3 is 2.51 bits per heavy atom. The average molecular weight is 501 g/mol. The van der Waals surface area contributed by atoms with Crippen LogP contribution in [0.15, 0.2) is 36.5 Å². The van der Waals surface area contributed by atoms with Crippen molar-refractivity contribution in [3.05, 3.63) is 64.9 Å². The highest BCUT2D eigenvalue weighted by molar-refractivity contribution is 5.95. The second-order valence-electron chi connectivity index (χ2n) is 8.00. The Balaban J connectivity index is 1.53. The van der Waals surface area contributed by atoms with Gasteiger partial charge < -0.3 is 14.2 Å². The van der Waals surface area contributed by atoms with Crippen LogP contribution in [0, 0.1) is 5.82 Å². The number of pyridine rings is 1. The number of carbonyl (C=O) groups is 1. The number of hydrogen-bond donors (Lipinski definition) is 0. The molecule has 2 bridgehead atoms. The van der Waals surface area contributed by atoms with Gasteiger partial charge >= 0.3 is 12.4 Å². The normalized spacial score (nSPS) is 20.0. The van der Waals surface area contributed by atoms with Crippen LogP contribution < -0.4 is 0 Å². The predicted octanol–water partition coefficient (Wildman–Crippen LogP) is 4.11. The van der Waals surface area contributed by atoms with Crippen molar-refractivity contribution in [2.45, 2.75) is 31.0 Å². The van der Waals surface area contributed by atoms with E-state index in [9.17, 15) is 35.5 Å². The van der Waals surface area contributed by atoms with Gasteiger partial charge in [-0.15, -0.1) is 10.2 Å². The monoisotopic (exact) mass is 501 g/mol. The summed E-state index contributed by atoms with van der Waals surface area (Å²) in [5.74, 6) is -2.51. The number of alkyl halides is 6. The first-order valence-electron chi connectivity index (χ1n) is 10.2. The fourth-order valence-corrected chi connectivity index (χ4v) is 4.30. The standard InChI is InChI=1S/C21H14F7N5O2/c22-16-12(2-1-3-13(16)21(26,27)28)19(34)33-11-7-32-17(30-31-18(32)15(33)9-35-8-11)14-6-10(4-5-29-14)20(23,24)25/h1-6,11,15H,7-9H2. The van der Waals surface area contributed by atoms with Crippen molar-refractivity contribution >= 4 is 5.91 Å². The van der Waals surface area contributed by atoms with Gasteiger partial charge in [0.1, 0.15) is 17.6 Å². The van der Waals surface area contributed by atoms with Gasteiger partial charge in [0, 0.05) is 12.7 Å². The van der Waals surface area contributed by atoms with E-state index in [0.717, 1.165) is 30.5 Å². The molecule has 1 aromatic carbocycles. The van der Waals surface area contributed by atoms with E-state index in [-0.39, 0.29) is 37.1 Å². The minimum atomic E-state index is -4.99. The molecule has 1 amide bonds. The Morgan fingerprint density at radius 1 is 1.03 bits per heavy atom. The Kier molecular flexibility index (Phi) is 5.30. The first-order valence-corrected chi connectivity index (χ1v) is 10.2. The number of carbonyl (C=O) groups excluding carboxylic acids is 1. The summed E-state index contributed by atoms with van der Waals surface area (Å²) < 4.78 is 101. The molecule has 2 atom stereocenters. The van der Waals surface area contributed by atoms with Crippen LogP contribution in [0.4, 0.5) is 30.7 Å². The first-order chi connectivity index (χ1) is 16.5. The van der Waals surface area contributed by atoms with Crippen LogP contribution >= 0.6 is 0 Å². The fourth-order valence-electron chi connectivity index (χ4n) is 4.30. The minimum Gasteiger partial charge on any atom is -0.377 e. The van der Waals surface area contributed by atoms with Gasteiger partial charge in [0.15, 0.2) is 11.6 Å². The molecule has 2 unspecified atom stereocenters. The third kappa shape index (κ3) is 3.90. The zero-order valence-electron chi connectivity index (χ0n) is 17.4. The van der Waals surface area contributed by atoms with E-state index in [2.05, 4.69) is 15.2 Å². The quantitative estimate of drug-likeness (QED) is 0.495. The number of halogens is 7. The van der Waals surface area contributed by atoms with Crippen LogP contribution in [0.25, 0.3) is 11.5 Å². The van der Waals surface area contributed by atoms with Gasteiger partial charge in [-0.05, 0) is 24.3 Å². The molecule has 0 N–H and O–H groups in total. The van der Waals surface area contributed by atoms with Gasteiger partial charge in [-0.2, -0.15) is 26.3 Å². The molecule has 2 aliphatic rings. The van der Waals surface area contributed by atoms with Gasteiger partial charge in [0.2, 0.25) is 0 Å². The minimum absolute atomic E-state index is 0.0281. The van der Waals surface area contributed by atoms with Crippen molar-refractivity contribution in [3.8, 4) is 11.5 Å². The average Bonchev–Trinajstić information content (AvgIpc) is 3.20. The van der Waals surface area contributed by atoms with Crippen LogP contribution in [-0.2, 0) is 23.6 Å². The van der Waals surface area contributed by atoms with E-state index in [1.54, 1.807) is 0 Å². The number of amides is 1. The molecule has 35 heavy (non-hydrogen) atoms. The number of benzene rings is 1. The Bertz CT molecular complexity index is 1300. The van der Waals surface area contributed by atoms with Crippen LogP contribution in [0.5, 0.6) is 0 Å². The number of aromatic nitrogens is 4. The van der Waals surface area contributed by atoms with Gasteiger partial charge in [-0.25, -0.2) is 4.39 Å². The second kappa shape index (κ2) is 8.00. The zero-order valence-corrected chi connectivity index (χ0v) is 17.4. The zero-order chi connectivity index (χ0) is 25.1. The molecule has 2 aliphatic heterocycles. The van der Waals surface area contributed by atoms with Crippen molar-refractivity contribution in [2.75, 3.05) is 13.2 Å². The maximum Gasteiger partial charge on any atom is 0.419 e. The highest BCUT2D eigenvalue weighted by Crippen LogP contribution is 2.38. The number of hydrogen-bond acceptors (Lipinski definition) is 5. The summed E-state index contributed by atoms with van der Waals surface area (Å²) in [6, 6.07) is 2.36. The molecule has 3 aromatic rings. The van der Waals surface area contributed by atoms with E-state index in [1.165, 1.54) is 9.47 Å². The summed E-state index contributed by atoms with van der Waals surface area (Å²) >= 11 is 0. The topological polar surface area (TPSA) is 73.1 Å². The maximum atomic E-state index is 14.7. The fraction of sp³-hybridized carbons (Fsp3) is 0.333. The molecule has 0 saturated carbocycles. The van der Waals surface area contributed by atoms with E-state index < -0.39 is 52.9 Å². The molecule has 5 rings (SSSR count). The van der Waals surface area contributed by atoms with Crippen molar-refractivity contribution in [1.29, 1.82) is 0 Å². The molecule has 0 spiro atoms. The molecule has 1 saturated heterocycles. The van der Waals surface area contributed by atoms with Crippen molar-refractivity contribution in [1.82, 2.24) is 24.6 Å². The van der Waals surface area contributed by atoms with Crippen LogP contribution in [0.1, 0.15) is 33.4 Å². The number of rotatable bonds is 2. The van der Waals surface area contributed by atoms with Gasteiger partial charge in [0.25, 0.3) is 5.91 Å². The summed E-state index contributed by atoms with van der Waals surface area (Å²) in [5, 5.41) is 7.94. The number of nitrogens with zero attached hydrogens (tertiary/aromatic N) is 5. The summed E-state index contributed by atoms with van der Waals surface area (Å²) in [5.41, 5.74) is -3.36. The molecule has 14 heteroatoms. The molecule has 2 aromatic heterocycles. The van der Waals surface area contributed by atoms with E-state index >= 15 is 0 Å². The van der Waals surface area contributed by atoms with E-state index in [1.807, 2.05) is 0 Å². The van der Waals surface area contributed by atoms with Crippen molar-refractivity contribution in [3.63, 3.8) is 0 Å². The number of ether oxygens (including phenoxy) is 1. The summed E-state index contributed by atoms with van der Waals surface area (Å²) in [7, 11) is 0. The highest BCUT2D eigenvalue weighted by atomic mass is 19.4. The lowest BCUT2D eigenvalue weighted by atomic mass is 10.0. The highest BCUT2D eigenvalue weighted by Gasteiger charge is 2.45. The van der Waals surface area contributed by atoms with Gasteiger partial charge in [0.05, 0.1) is 35.9 Å². The van der Waals surface area contributed by atoms with E-state index in [0.29, 0.717) is 6.07 Å².